The predicted molar refractivity (Wildman–Crippen MR) is 78.9 cm³/mol. The van der Waals surface area contributed by atoms with Gasteiger partial charge in [-0.15, -0.1) is 0 Å². The van der Waals surface area contributed by atoms with Crippen molar-refractivity contribution in [3.63, 3.8) is 0 Å². The normalized spacial score (nSPS) is 11.2. The summed E-state index contributed by atoms with van der Waals surface area (Å²) in [6.45, 7) is 0.324. The van der Waals surface area contributed by atoms with Crippen LogP contribution in [0.25, 0.3) is 11.0 Å². The number of aliphatic hydroxyl groups excluding tert-OH is 1. The van der Waals surface area contributed by atoms with E-state index in [1.54, 1.807) is 12.3 Å². The largest absolute Gasteiger partial charge is 0.392 e. The molecule has 2 aromatic heterocycles. The number of fused-ring (bicyclic) bond motifs is 1. The summed E-state index contributed by atoms with van der Waals surface area (Å²) in [5, 5.41) is 10.3. The number of hydrogen-bond acceptors (Lipinski definition) is 2. The van der Waals surface area contributed by atoms with Gasteiger partial charge in [-0.05, 0) is 24.3 Å². The Morgan fingerprint density at radius 2 is 2.10 bits per heavy atom. The van der Waals surface area contributed by atoms with Crippen LogP contribution in [0.4, 0.5) is 4.39 Å². The van der Waals surface area contributed by atoms with Crippen LogP contribution in [-0.2, 0) is 13.2 Å². The van der Waals surface area contributed by atoms with Crippen LogP contribution in [-0.4, -0.2) is 14.7 Å². The first-order chi connectivity index (χ1) is 9.69. The molecule has 3 rings (SSSR count). The predicted octanol–water partition coefficient (Wildman–Crippen LogP) is 3.48. The minimum atomic E-state index is -0.261. The Kier molecular flexibility index (Phi) is 3.54. The number of nitrogens with zero attached hydrogens (tertiary/aromatic N) is 2. The fourth-order valence-corrected chi connectivity index (χ4v) is 2.61. The molecule has 3 aromatic rings. The Morgan fingerprint density at radius 1 is 1.25 bits per heavy atom. The molecule has 0 saturated carbocycles. The molecule has 0 fully saturated rings. The van der Waals surface area contributed by atoms with Gasteiger partial charge in [-0.1, -0.05) is 22.0 Å². The maximum atomic E-state index is 13.9. The van der Waals surface area contributed by atoms with Crippen molar-refractivity contribution in [3.05, 3.63) is 64.1 Å². The van der Waals surface area contributed by atoms with Crippen LogP contribution in [0.1, 0.15) is 11.1 Å². The SMILES string of the molecule is OCc1cn(Cc2ccc(Br)cc2F)c2ncccc12. The number of rotatable bonds is 3. The molecule has 1 N–H and O–H groups in total. The quantitative estimate of drug-likeness (QED) is 0.796. The molecule has 0 saturated heterocycles. The summed E-state index contributed by atoms with van der Waals surface area (Å²) in [5.74, 6) is -0.261. The van der Waals surface area contributed by atoms with E-state index in [1.165, 1.54) is 6.07 Å². The second kappa shape index (κ2) is 5.34. The zero-order valence-electron chi connectivity index (χ0n) is 10.6. The molecule has 0 radical (unpaired) electrons. The maximum absolute atomic E-state index is 13.9. The van der Waals surface area contributed by atoms with Crippen LogP contribution in [0.5, 0.6) is 0 Å². The number of pyridine rings is 1. The molecule has 20 heavy (non-hydrogen) atoms. The first kappa shape index (κ1) is 13.3. The van der Waals surface area contributed by atoms with Crippen LogP contribution < -0.4 is 0 Å². The molecule has 0 unspecified atom stereocenters. The minimum absolute atomic E-state index is 0.0575. The van der Waals surface area contributed by atoms with Crippen LogP contribution in [0.2, 0.25) is 0 Å². The van der Waals surface area contributed by atoms with Crippen molar-refractivity contribution in [3.8, 4) is 0 Å². The van der Waals surface area contributed by atoms with E-state index in [4.69, 9.17) is 0 Å². The van der Waals surface area contributed by atoms with Gasteiger partial charge < -0.3 is 9.67 Å². The van der Waals surface area contributed by atoms with E-state index in [2.05, 4.69) is 20.9 Å². The van der Waals surface area contributed by atoms with E-state index in [1.807, 2.05) is 29.0 Å². The smallest absolute Gasteiger partial charge is 0.140 e. The number of benzene rings is 1. The van der Waals surface area contributed by atoms with Crippen LogP contribution in [0.3, 0.4) is 0 Å². The van der Waals surface area contributed by atoms with Gasteiger partial charge in [0.05, 0.1) is 13.2 Å². The minimum Gasteiger partial charge on any atom is -0.392 e. The Balaban J connectivity index is 2.06. The van der Waals surface area contributed by atoms with Crippen LogP contribution in [0.15, 0.2) is 47.2 Å². The maximum Gasteiger partial charge on any atom is 0.140 e. The van der Waals surface area contributed by atoms with Gasteiger partial charge in [0.1, 0.15) is 11.5 Å². The van der Waals surface area contributed by atoms with Crippen molar-refractivity contribution < 1.29 is 9.50 Å². The molecule has 0 aliphatic heterocycles. The lowest BCUT2D eigenvalue weighted by Crippen LogP contribution is -2.01. The lowest BCUT2D eigenvalue weighted by molar-refractivity contribution is 0.283. The fraction of sp³-hybridized carbons (Fsp3) is 0.133. The Morgan fingerprint density at radius 3 is 2.85 bits per heavy atom. The van der Waals surface area contributed by atoms with Gasteiger partial charge in [0, 0.05) is 33.4 Å². The summed E-state index contributed by atoms with van der Waals surface area (Å²) in [6.07, 6.45) is 3.51. The monoisotopic (exact) mass is 334 g/mol. The van der Waals surface area contributed by atoms with Crippen molar-refractivity contribution in [2.75, 3.05) is 0 Å². The molecule has 102 valence electrons. The topological polar surface area (TPSA) is 38.0 Å². The van der Waals surface area contributed by atoms with Crippen LogP contribution >= 0.6 is 15.9 Å². The molecule has 1 aromatic carbocycles. The zero-order valence-corrected chi connectivity index (χ0v) is 12.1. The summed E-state index contributed by atoms with van der Waals surface area (Å²) >= 11 is 3.24. The van der Waals surface area contributed by atoms with E-state index >= 15 is 0 Å². The summed E-state index contributed by atoms with van der Waals surface area (Å²) in [5.41, 5.74) is 2.13. The van der Waals surface area contributed by atoms with Crippen molar-refractivity contribution >= 4 is 27.0 Å². The molecule has 0 aliphatic rings. The zero-order chi connectivity index (χ0) is 14.1. The van der Waals surface area contributed by atoms with Crippen molar-refractivity contribution in [2.24, 2.45) is 0 Å². The Hall–Kier alpha value is -1.72. The highest BCUT2D eigenvalue weighted by Crippen LogP contribution is 2.22. The number of halogens is 2. The highest BCUT2D eigenvalue weighted by Gasteiger charge is 2.10. The van der Waals surface area contributed by atoms with E-state index in [9.17, 15) is 9.50 Å². The highest BCUT2D eigenvalue weighted by molar-refractivity contribution is 9.10. The third-order valence-electron chi connectivity index (χ3n) is 3.24. The number of aliphatic hydroxyl groups is 1. The summed E-state index contributed by atoms with van der Waals surface area (Å²) in [4.78, 5) is 4.31. The van der Waals surface area contributed by atoms with Crippen LogP contribution in [0, 0.1) is 5.82 Å². The molecule has 0 bridgehead atoms. The van der Waals surface area contributed by atoms with Crippen molar-refractivity contribution in [2.45, 2.75) is 13.2 Å². The average Bonchev–Trinajstić information content (AvgIpc) is 2.80. The molecule has 0 amide bonds. The Labute approximate surface area is 123 Å². The van der Waals surface area contributed by atoms with Crippen molar-refractivity contribution in [1.82, 2.24) is 9.55 Å². The van der Waals surface area contributed by atoms with Gasteiger partial charge in [0.15, 0.2) is 0 Å². The third kappa shape index (κ3) is 2.34. The second-order valence-electron chi connectivity index (χ2n) is 4.55. The van der Waals surface area contributed by atoms with E-state index in [-0.39, 0.29) is 12.4 Å². The van der Waals surface area contributed by atoms with E-state index in [0.29, 0.717) is 16.6 Å². The lowest BCUT2D eigenvalue weighted by Gasteiger charge is -2.06. The van der Waals surface area contributed by atoms with Gasteiger partial charge in [0.25, 0.3) is 0 Å². The molecule has 0 aliphatic carbocycles. The highest BCUT2D eigenvalue weighted by atomic mass is 79.9. The number of aromatic nitrogens is 2. The third-order valence-corrected chi connectivity index (χ3v) is 3.74. The van der Waals surface area contributed by atoms with E-state index in [0.717, 1.165) is 16.6 Å². The first-order valence-electron chi connectivity index (χ1n) is 6.16. The molecular weight excluding hydrogens is 323 g/mol. The summed E-state index contributed by atoms with van der Waals surface area (Å²) in [7, 11) is 0. The van der Waals surface area contributed by atoms with Gasteiger partial charge in [-0.2, -0.15) is 0 Å². The van der Waals surface area contributed by atoms with Gasteiger partial charge in [-0.3, -0.25) is 0 Å². The summed E-state index contributed by atoms with van der Waals surface area (Å²) in [6, 6.07) is 8.73. The molecule has 3 nitrogen and oxygen atoms in total. The van der Waals surface area contributed by atoms with Crippen molar-refractivity contribution in [1.29, 1.82) is 0 Å². The van der Waals surface area contributed by atoms with E-state index < -0.39 is 0 Å². The van der Waals surface area contributed by atoms with Gasteiger partial charge >= 0.3 is 0 Å². The molecule has 0 spiro atoms. The second-order valence-corrected chi connectivity index (χ2v) is 5.47. The summed E-state index contributed by atoms with van der Waals surface area (Å²) < 4.78 is 16.5. The average molecular weight is 335 g/mol. The molecule has 2 heterocycles. The standard InChI is InChI=1S/C15H12BrFN2O/c16-12-4-3-10(14(17)6-12)7-19-8-11(9-20)13-2-1-5-18-15(13)19/h1-6,8,20H,7,9H2. The molecule has 5 heteroatoms. The molecular formula is C15H12BrFN2O. The van der Waals surface area contributed by atoms with Gasteiger partial charge in [0.2, 0.25) is 0 Å². The van der Waals surface area contributed by atoms with Gasteiger partial charge in [-0.25, -0.2) is 9.37 Å². The fourth-order valence-electron chi connectivity index (χ4n) is 2.28. The first-order valence-corrected chi connectivity index (χ1v) is 6.96. The number of hydrogen-bond donors (Lipinski definition) is 1. The molecule has 0 atom stereocenters. The lowest BCUT2D eigenvalue weighted by atomic mass is 10.2. The Bertz CT molecular complexity index is 770.